The Morgan fingerprint density at radius 2 is 2.00 bits per heavy atom. The van der Waals surface area contributed by atoms with Gasteiger partial charge in [0.15, 0.2) is 6.61 Å². The van der Waals surface area contributed by atoms with Crippen LogP contribution in [0.3, 0.4) is 0 Å². The maximum absolute atomic E-state index is 13.5. The van der Waals surface area contributed by atoms with Crippen molar-refractivity contribution in [2.45, 2.75) is 0 Å². The van der Waals surface area contributed by atoms with E-state index in [1.807, 2.05) is 6.07 Å². The molecule has 1 N–H and O–H groups in total. The van der Waals surface area contributed by atoms with Gasteiger partial charge < -0.3 is 10.1 Å². The van der Waals surface area contributed by atoms with E-state index in [-0.39, 0.29) is 10.6 Å². The Balaban J connectivity index is 1.93. The number of halogens is 3. The largest absolute Gasteiger partial charge is 0.452 e. The minimum Gasteiger partial charge on any atom is -0.452 e. The Labute approximate surface area is 144 Å². The molecule has 2 rings (SSSR count). The number of amides is 1. The van der Waals surface area contributed by atoms with Crippen molar-refractivity contribution >= 4 is 51.8 Å². The van der Waals surface area contributed by atoms with Crippen LogP contribution in [0.2, 0.25) is 5.02 Å². The van der Waals surface area contributed by atoms with E-state index in [9.17, 15) is 14.0 Å². The fraction of sp³-hybridized carbons (Fsp3) is 0.0667. The van der Waals surface area contributed by atoms with Gasteiger partial charge in [-0.15, -0.1) is 0 Å². The molecule has 0 radical (unpaired) electrons. The molecule has 0 aliphatic heterocycles. The zero-order valence-corrected chi connectivity index (χ0v) is 14.0. The molecule has 0 aromatic heterocycles. The molecular formula is C15H10ClFINO3. The summed E-state index contributed by atoms with van der Waals surface area (Å²) in [6, 6.07) is 10.7. The third-order valence-corrected chi connectivity index (χ3v) is 3.50. The Kier molecular flexibility index (Phi) is 5.73. The molecule has 4 nitrogen and oxygen atoms in total. The molecule has 2 aromatic rings. The summed E-state index contributed by atoms with van der Waals surface area (Å²) in [5, 5.41) is 2.78. The molecule has 0 saturated heterocycles. The zero-order chi connectivity index (χ0) is 16.1. The van der Waals surface area contributed by atoms with Crippen LogP contribution in [-0.2, 0) is 9.53 Å². The fourth-order valence-corrected chi connectivity index (χ4v) is 2.34. The number of esters is 1. The van der Waals surface area contributed by atoms with E-state index in [0.717, 1.165) is 15.7 Å². The van der Waals surface area contributed by atoms with Crippen molar-refractivity contribution in [1.82, 2.24) is 0 Å². The second kappa shape index (κ2) is 7.55. The molecule has 7 heteroatoms. The van der Waals surface area contributed by atoms with Gasteiger partial charge in [0.05, 0.1) is 5.56 Å². The topological polar surface area (TPSA) is 55.4 Å². The first-order valence-electron chi connectivity index (χ1n) is 6.13. The third kappa shape index (κ3) is 4.67. The van der Waals surface area contributed by atoms with Crippen LogP contribution in [0.4, 0.5) is 10.1 Å². The number of carbonyl (C=O) groups is 2. The van der Waals surface area contributed by atoms with Gasteiger partial charge in [-0.05, 0) is 59.0 Å². The van der Waals surface area contributed by atoms with E-state index in [1.165, 1.54) is 6.07 Å². The van der Waals surface area contributed by atoms with Crippen molar-refractivity contribution in [2.75, 3.05) is 11.9 Å². The second-order valence-electron chi connectivity index (χ2n) is 4.26. The van der Waals surface area contributed by atoms with Crippen LogP contribution in [0, 0.1) is 9.39 Å². The number of anilines is 1. The molecule has 0 aliphatic rings. The number of ether oxygens (including phenoxy) is 1. The van der Waals surface area contributed by atoms with Crippen LogP contribution in [0.25, 0.3) is 0 Å². The molecule has 0 spiro atoms. The first kappa shape index (κ1) is 16.7. The van der Waals surface area contributed by atoms with Gasteiger partial charge >= 0.3 is 5.97 Å². The monoisotopic (exact) mass is 433 g/mol. The van der Waals surface area contributed by atoms with E-state index in [4.69, 9.17) is 16.3 Å². The van der Waals surface area contributed by atoms with Gasteiger partial charge in [0.2, 0.25) is 0 Å². The van der Waals surface area contributed by atoms with E-state index < -0.39 is 24.3 Å². The maximum Gasteiger partial charge on any atom is 0.341 e. The lowest BCUT2D eigenvalue weighted by Crippen LogP contribution is -2.21. The van der Waals surface area contributed by atoms with Crippen molar-refractivity contribution in [2.24, 2.45) is 0 Å². The lowest BCUT2D eigenvalue weighted by molar-refractivity contribution is -0.119. The number of hydrogen-bond acceptors (Lipinski definition) is 3. The molecule has 0 fully saturated rings. The van der Waals surface area contributed by atoms with E-state index in [0.29, 0.717) is 5.69 Å². The van der Waals surface area contributed by atoms with Crippen molar-refractivity contribution in [3.63, 3.8) is 0 Å². The van der Waals surface area contributed by atoms with Gasteiger partial charge in [-0.3, -0.25) is 4.79 Å². The van der Waals surface area contributed by atoms with Crippen LogP contribution in [0.1, 0.15) is 10.4 Å². The summed E-state index contributed by atoms with van der Waals surface area (Å²) in [7, 11) is 0. The van der Waals surface area contributed by atoms with E-state index in [2.05, 4.69) is 27.9 Å². The highest BCUT2D eigenvalue weighted by molar-refractivity contribution is 14.1. The zero-order valence-electron chi connectivity index (χ0n) is 11.1. The molecule has 114 valence electrons. The highest BCUT2D eigenvalue weighted by Gasteiger charge is 2.15. The predicted octanol–water partition coefficient (Wildman–Crippen LogP) is 3.88. The average Bonchev–Trinajstić information content (AvgIpc) is 2.47. The van der Waals surface area contributed by atoms with Crippen molar-refractivity contribution < 1.29 is 18.7 Å². The molecule has 0 atom stereocenters. The fourth-order valence-electron chi connectivity index (χ4n) is 1.63. The summed E-state index contributed by atoms with van der Waals surface area (Å²) < 4.78 is 19.2. The van der Waals surface area contributed by atoms with Gasteiger partial charge in [0.1, 0.15) is 5.82 Å². The van der Waals surface area contributed by atoms with Gasteiger partial charge in [0, 0.05) is 14.3 Å². The van der Waals surface area contributed by atoms with Crippen LogP contribution >= 0.6 is 34.2 Å². The van der Waals surface area contributed by atoms with Crippen LogP contribution < -0.4 is 5.32 Å². The summed E-state index contributed by atoms with van der Waals surface area (Å²) >= 11 is 7.80. The minimum absolute atomic E-state index is 0.205. The van der Waals surface area contributed by atoms with Crippen LogP contribution in [0.15, 0.2) is 42.5 Å². The average molecular weight is 434 g/mol. The first-order chi connectivity index (χ1) is 10.5. The summed E-state index contributed by atoms with van der Waals surface area (Å²) in [6.07, 6.45) is 0. The highest BCUT2D eigenvalue weighted by atomic mass is 127. The third-order valence-electron chi connectivity index (χ3n) is 2.59. The van der Waals surface area contributed by atoms with Gasteiger partial charge in [0.25, 0.3) is 5.91 Å². The summed E-state index contributed by atoms with van der Waals surface area (Å²) in [6.45, 7) is -0.518. The molecule has 22 heavy (non-hydrogen) atoms. The van der Waals surface area contributed by atoms with Crippen molar-refractivity contribution in [1.29, 1.82) is 0 Å². The van der Waals surface area contributed by atoms with E-state index >= 15 is 0 Å². The Bertz CT molecular complexity index is 724. The number of rotatable bonds is 4. The Hall–Kier alpha value is -1.67. The molecule has 0 saturated carbocycles. The van der Waals surface area contributed by atoms with Gasteiger partial charge in [-0.1, -0.05) is 17.7 Å². The lowest BCUT2D eigenvalue weighted by Gasteiger charge is -2.07. The number of hydrogen-bond donors (Lipinski definition) is 1. The summed E-state index contributed by atoms with van der Waals surface area (Å²) in [5.74, 6) is -2.22. The molecule has 0 heterocycles. The summed E-state index contributed by atoms with van der Waals surface area (Å²) in [5.41, 5.74) is 0.274. The van der Waals surface area contributed by atoms with Gasteiger partial charge in [-0.2, -0.15) is 0 Å². The Morgan fingerprint density at radius 3 is 2.73 bits per heavy atom. The van der Waals surface area contributed by atoms with E-state index in [1.54, 1.807) is 18.2 Å². The predicted molar refractivity (Wildman–Crippen MR) is 89.5 cm³/mol. The molecule has 2 aromatic carbocycles. The number of nitrogens with one attached hydrogen (secondary N) is 1. The summed E-state index contributed by atoms with van der Waals surface area (Å²) in [4.78, 5) is 23.4. The minimum atomic E-state index is -0.946. The SMILES string of the molecule is O=C(COC(=O)c1cc(Cl)ccc1F)Nc1cccc(I)c1. The molecule has 0 aliphatic carbocycles. The molecular weight excluding hydrogens is 424 g/mol. The second-order valence-corrected chi connectivity index (χ2v) is 5.94. The van der Waals surface area contributed by atoms with Crippen LogP contribution in [-0.4, -0.2) is 18.5 Å². The quantitative estimate of drug-likeness (QED) is 0.588. The number of benzene rings is 2. The van der Waals surface area contributed by atoms with Crippen molar-refractivity contribution in [3.8, 4) is 0 Å². The van der Waals surface area contributed by atoms with Crippen LogP contribution in [0.5, 0.6) is 0 Å². The normalized spacial score (nSPS) is 10.1. The smallest absolute Gasteiger partial charge is 0.341 e. The number of carbonyl (C=O) groups excluding carboxylic acids is 2. The van der Waals surface area contributed by atoms with Crippen molar-refractivity contribution in [3.05, 3.63) is 62.4 Å². The molecule has 0 bridgehead atoms. The van der Waals surface area contributed by atoms with Gasteiger partial charge in [-0.25, -0.2) is 9.18 Å². The maximum atomic E-state index is 13.5. The first-order valence-corrected chi connectivity index (χ1v) is 7.59. The standard InChI is InChI=1S/C15H10ClFINO3/c16-9-4-5-13(17)12(6-9)15(21)22-8-14(20)19-11-3-1-2-10(18)7-11/h1-7H,8H2,(H,19,20). The molecule has 0 unspecified atom stereocenters. The Morgan fingerprint density at radius 1 is 1.23 bits per heavy atom. The molecule has 1 amide bonds. The highest BCUT2D eigenvalue weighted by Crippen LogP contribution is 2.16. The lowest BCUT2D eigenvalue weighted by atomic mass is 10.2.